The molecule has 0 saturated heterocycles. The molecule has 44 heavy (non-hydrogen) atoms. The minimum atomic E-state index is -5.63. The molecular weight excluding hydrogens is 612 g/mol. The lowest BCUT2D eigenvalue weighted by Gasteiger charge is -2.32. The van der Waals surface area contributed by atoms with Crippen LogP contribution in [0.25, 0.3) is 0 Å². The molecule has 15 heteroatoms. The van der Waals surface area contributed by atoms with Crippen molar-refractivity contribution in [2.75, 3.05) is 19.0 Å². The Morgan fingerprint density at radius 3 is 2.39 bits per heavy atom. The van der Waals surface area contributed by atoms with Crippen LogP contribution in [0.2, 0.25) is 0 Å². The Labute approximate surface area is 250 Å². The zero-order valence-corrected chi connectivity index (χ0v) is 24.2. The van der Waals surface area contributed by atoms with Gasteiger partial charge in [-0.05, 0) is 74.1 Å². The van der Waals surface area contributed by atoms with Crippen molar-refractivity contribution < 1.29 is 54.9 Å². The third-order valence-electron chi connectivity index (χ3n) is 8.79. The Morgan fingerprint density at radius 2 is 1.73 bits per heavy atom. The van der Waals surface area contributed by atoms with E-state index in [-0.39, 0.29) is 47.1 Å². The van der Waals surface area contributed by atoms with Crippen LogP contribution in [0.1, 0.15) is 42.5 Å². The summed E-state index contributed by atoms with van der Waals surface area (Å²) in [4.78, 5) is 36.9. The number of hydrogen-bond acceptors (Lipinski definition) is 7. The summed E-state index contributed by atoms with van der Waals surface area (Å²) in [7, 11) is -4.37. The zero-order chi connectivity index (χ0) is 32.0. The molecular formula is C29H30F4N2O8S. The Hall–Kier alpha value is -3.88. The van der Waals surface area contributed by atoms with Gasteiger partial charge in [0.05, 0.1) is 36.0 Å². The average Bonchev–Trinajstić information content (AvgIpc) is 3.54. The number of carboxylic acid groups (broad SMARTS) is 1. The topological polar surface area (TPSA) is 148 Å². The molecule has 5 rings (SSSR count). The highest BCUT2D eigenvalue weighted by Crippen LogP contribution is 2.49. The Balaban J connectivity index is 1.30. The van der Waals surface area contributed by atoms with Crippen LogP contribution >= 0.6 is 0 Å². The number of fused-ring (bicyclic) bond motifs is 2. The summed E-state index contributed by atoms with van der Waals surface area (Å²) in [6, 6.07) is 5.40. The number of carbonyl (C=O) groups excluding carboxylic acids is 2. The highest BCUT2D eigenvalue weighted by Gasteiger charge is 2.52. The molecule has 0 heterocycles. The maximum atomic E-state index is 14.7. The van der Waals surface area contributed by atoms with E-state index in [2.05, 4.69) is 10.6 Å². The second-order valence-electron chi connectivity index (χ2n) is 11.5. The molecule has 3 saturated carbocycles. The van der Waals surface area contributed by atoms with E-state index in [0.717, 1.165) is 30.7 Å². The first kappa shape index (κ1) is 31.5. The minimum absolute atomic E-state index is 0.0482. The van der Waals surface area contributed by atoms with Crippen molar-refractivity contribution >= 4 is 33.3 Å². The van der Waals surface area contributed by atoms with Crippen LogP contribution in [0.5, 0.6) is 11.5 Å². The number of sulfone groups is 1. The van der Waals surface area contributed by atoms with Gasteiger partial charge in [-0.25, -0.2) is 12.8 Å². The highest BCUT2D eigenvalue weighted by molar-refractivity contribution is 7.92. The number of methoxy groups -OCH3 is 1. The van der Waals surface area contributed by atoms with Crippen molar-refractivity contribution in [2.45, 2.75) is 48.5 Å². The third-order valence-corrected chi connectivity index (χ3v) is 10.3. The number of hydrogen-bond donors (Lipinski definition) is 3. The first-order chi connectivity index (χ1) is 20.7. The molecule has 0 aromatic heterocycles. The van der Waals surface area contributed by atoms with E-state index in [0.29, 0.717) is 25.7 Å². The van der Waals surface area contributed by atoms with E-state index in [9.17, 15) is 40.4 Å². The molecule has 238 valence electrons. The minimum Gasteiger partial charge on any atom is -0.496 e. The van der Waals surface area contributed by atoms with Crippen LogP contribution in [-0.4, -0.2) is 56.6 Å². The molecule has 3 aliphatic carbocycles. The van der Waals surface area contributed by atoms with Crippen molar-refractivity contribution in [1.29, 1.82) is 0 Å². The molecule has 0 spiro atoms. The van der Waals surface area contributed by atoms with Gasteiger partial charge < -0.3 is 25.2 Å². The fraction of sp³-hybridized carbons (Fsp3) is 0.483. The predicted octanol–water partition coefficient (Wildman–Crippen LogP) is 4.40. The number of halogens is 4. The Bertz CT molecular complexity index is 1580. The smallest absolute Gasteiger partial charge is 0.496 e. The van der Waals surface area contributed by atoms with Crippen molar-refractivity contribution in [3.05, 3.63) is 47.8 Å². The molecule has 3 N–H and O–H groups in total. The zero-order valence-electron chi connectivity index (χ0n) is 23.4. The van der Waals surface area contributed by atoms with E-state index >= 15 is 0 Å². The molecule has 4 atom stereocenters. The number of amides is 2. The highest BCUT2D eigenvalue weighted by atomic mass is 32.2. The van der Waals surface area contributed by atoms with Gasteiger partial charge in [0.2, 0.25) is 5.91 Å². The van der Waals surface area contributed by atoms with Crippen molar-refractivity contribution in [2.24, 2.45) is 29.6 Å². The van der Waals surface area contributed by atoms with Crippen molar-refractivity contribution in [3.63, 3.8) is 0 Å². The van der Waals surface area contributed by atoms with Gasteiger partial charge in [0.25, 0.3) is 15.7 Å². The van der Waals surface area contributed by atoms with Crippen LogP contribution in [0.4, 0.5) is 23.2 Å². The van der Waals surface area contributed by atoms with E-state index in [4.69, 9.17) is 14.6 Å². The lowest BCUT2D eigenvalue weighted by atomic mass is 9.75. The quantitative estimate of drug-likeness (QED) is 0.323. The van der Waals surface area contributed by atoms with Gasteiger partial charge in [-0.3, -0.25) is 14.4 Å². The normalized spacial score (nSPS) is 26.0. The van der Waals surface area contributed by atoms with Crippen LogP contribution < -0.4 is 20.1 Å². The number of ether oxygens (including phenoxy) is 2. The molecule has 0 aliphatic heterocycles. The van der Waals surface area contributed by atoms with Gasteiger partial charge in [-0.1, -0.05) is 6.07 Å². The molecule has 10 nitrogen and oxygen atoms in total. The molecule has 3 aliphatic rings. The summed E-state index contributed by atoms with van der Waals surface area (Å²) in [5, 5.41) is 14.4. The average molecular weight is 643 g/mol. The molecule has 2 bridgehead atoms. The number of benzene rings is 2. The predicted molar refractivity (Wildman–Crippen MR) is 146 cm³/mol. The second kappa shape index (κ2) is 11.9. The summed E-state index contributed by atoms with van der Waals surface area (Å²) in [6.45, 7) is 0.0637. The summed E-state index contributed by atoms with van der Waals surface area (Å²) >= 11 is 0. The molecule has 2 amide bonds. The lowest BCUT2D eigenvalue weighted by molar-refractivity contribution is -0.146. The number of nitrogens with one attached hydrogen (secondary N) is 2. The standard InChI is InChI=1S/C29H30F4N2O8S/c1-42-22-12-21(30)23(43-13-14-7-17(8-14)28(38)39)11-20(22)26(36)35-25-16-6-5-15(9-16)24(25)27(37)34-18-3-2-4-19(10-18)44(40,41)29(31,32)33/h2-4,10-12,14-17,24-25H,5-9,13H2,1H3,(H,34,37)(H,35,36)(H,38,39)/t14-,15-,16+,17-,24-,25+/m0/s1. The van der Waals surface area contributed by atoms with Gasteiger partial charge in [-0.2, -0.15) is 13.2 Å². The van der Waals surface area contributed by atoms with E-state index in [1.165, 1.54) is 19.2 Å². The summed E-state index contributed by atoms with van der Waals surface area (Å²) in [6.07, 6.45) is 2.85. The van der Waals surface area contributed by atoms with Crippen LogP contribution in [0.15, 0.2) is 41.3 Å². The summed E-state index contributed by atoms with van der Waals surface area (Å²) in [5.41, 5.74) is -5.70. The van der Waals surface area contributed by atoms with E-state index in [1.807, 2.05) is 0 Å². The van der Waals surface area contributed by atoms with Gasteiger partial charge >= 0.3 is 11.5 Å². The fourth-order valence-corrected chi connectivity index (χ4v) is 7.29. The monoisotopic (exact) mass is 642 g/mol. The van der Waals surface area contributed by atoms with Gasteiger partial charge in [0.1, 0.15) is 5.75 Å². The summed E-state index contributed by atoms with van der Waals surface area (Å²) in [5.74, 6) is -4.70. The van der Waals surface area contributed by atoms with Gasteiger partial charge in [-0.15, -0.1) is 0 Å². The number of rotatable bonds is 10. The maximum Gasteiger partial charge on any atom is 0.501 e. The van der Waals surface area contributed by atoms with Crippen molar-refractivity contribution in [1.82, 2.24) is 5.32 Å². The van der Waals surface area contributed by atoms with Crippen LogP contribution in [0.3, 0.4) is 0 Å². The van der Waals surface area contributed by atoms with E-state index in [1.54, 1.807) is 0 Å². The summed E-state index contributed by atoms with van der Waals surface area (Å²) < 4.78 is 88.3. The lowest BCUT2D eigenvalue weighted by Crippen LogP contribution is -2.48. The first-order valence-corrected chi connectivity index (χ1v) is 15.4. The van der Waals surface area contributed by atoms with Gasteiger partial charge in [0.15, 0.2) is 11.6 Å². The van der Waals surface area contributed by atoms with Crippen LogP contribution in [0, 0.1) is 35.4 Å². The van der Waals surface area contributed by atoms with Crippen LogP contribution in [-0.2, 0) is 19.4 Å². The maximum absolute atomic E-state index is 14.7. The first-order valence-electron chi connectivity index (χ1n) is 14.0. The van der Waals surface area contributed by atoms with Gasteiger partial charge in [0, 0.05) is 17.8 Å². The number of alkyl halides is 3. The number of aliphatic carboxylic acids is 1. The molecule has 2 aromatic carbocycles. The SMILES string of the molecule is COc1cc(F)c(OC[C@H]2C[C@H](C(=O)O)C2)cc1C(=O)N[C@@H]1[C@@H]2CC[C@@H](C2)[C@@H]1C(=O)Nc1cccc(S(=O)(=O)C(F)(F)F)c1. The fourth-order valence-electron chi connectivity index (χ4n) is 6.48. The molecule has 2 aromatic rings. The van der Waals surface area contributed by atoms with E-state index < -0.39 is 61.7 Å². The largest absolute Gasteiger partial charge is 0.501 e. The Kier molecular flexibility index (Phi) is 8.53. The third kappa shape index (κ3) is 6.06. The molecule has 3 fully saturated rings. The second-order valence-corrected chi connectivity index (χ2v) is 13.4. The van der Waals surface area contributed by atoms with Crippen molar-refractivity contribution in [3.8, 4) is 11.5 Å². The number of carbonyl (C=O) groups is 3. The number of carboxylic acids is 1. The molecule has 0 radical (unpaired) electrons. The number of anilines is 1. The molecule has 0 unspecified atom stereocenters. The Morgan fingerprint density at radius 1 is 1.02 bits per heavy atom.